The SMILES string of the molecule is COc1cc([C@H]2CC(=O)N(c3cccc(C(F)(F)F)c3)C3=C2C(=O)OC3)ccc1O. The van der Waals surface area contributed by atoms with Crippen LogP contribution in [0, 0.1) is 0 Å². The van der Waals surface area contributed by atoms with Gasteiger partial charge in [-0.15, -0.1) is 0 Å². The van der Waals surface area contributed by atoms with E-state index in [0.29, 0.717) is 5.56 Å². The van der Waals surface area contributed by atoms with Crippen LogP contribution in [0.2, 0.25) is 0 Å². The van der Waals surface area contributed by atoms with Gasteiger partial charge in [0, 0.05) is 18.0 Å². The number of alkyl halides is 3. The van der Waals surface area contributed by atoms with Gasteiger partial charge < -0.3 is 14.6 Å². The Hall–Kier alpha value is -3.49. The van der Waals surface area contributed by atoms with E-state index in [0.717, 1.165) is 17.0 Å². The molecule has 2 aliphatic rings. The number of carbonyl (C=O) groups excluding carboxylic acids is 2. The number of anilines is 1. The van der Waals surface area contributed by atoms with E-state index >= 15 is 0 Å². The number of hydrogen-bond donors (Lipinski definition) is 1. The summed E-state index contributed by atoms with van der Waals surface area (Å²) in [6.45, 7) is -0.220. The smallest absolute Gasteiger partial charge is 0.416 e. The first-order valence-electron chi connectivity index (χ1n) is 8.98. The molecule has 0 fully saturated rings. The van der Waals surface area contributed by atoms with E-state index in [2.05, 4.69) is 0 Å². The normalized spacial score (nSPS) is 19.1. The number of halogens is 3. The van der Waals surface area contributed by atoms with Crippen molar-refractivity contribution in [2.75, 3.05) is 18.6 Å². The lowest BCUT2D eigenvalue weighted by Crippen LogP contribution is -2.37. The average Bonchev–Trinajstić information content (AvgIpc) is 3.08. The van der Waals surface area contributed by atoms with Crippen LogP contribution in [0.25, 0.3) is 0 Å². The maximum absolute atomic E-state index is 13.1. The van der Waals surface area contributed by atoms with Crippen LogP contribution >= 0.6 is 0 Å². The van der Waals surface area contributed by atoms with Crippen molar-refractivity contribution in [3.05, 3.63) is 64.9 Å². The van der Waals surface area contributed by atoms with Crippen LogP contribution in [-0.2, 0) is 20.5 Å². The van der Waals surface area contributed by atoms with E-state index < -0.39 is 29.5 Å². The molecule has 2 heterocycles. The lowest BCUT2D eigenvalue weighted by Gasteiger charge is -2.32. The second kappa shape index (κ2) is 7.08. The molecular formula is C21H16F3NO5. The van der Waals surface area contributed by atoms with Crippen molar-refractivity contribution in [2.24, 2.45) is 0 Å². The summed E-state index contributed by atoms with van der Waals surface area (Å²) in [5.74, 6) is -1.69. The average molecular weight is 419 g/mol. The number of benzene rings is 2. The van der Waals surface area contributed by atoms with Crippen LogP contribution in [-0.4, -0.2) is 30.7 Å². The molecule has 0 saturated heterocycles. The first-order chi connectivity index (χ1) is 14.2. The zero-order valence-electron chi connectivity index (χ0n) is 15.7. The highest BCUT2D eigenvalue weighted by molar-refractivity contribution is 6.06. The molecule has 6 nitrogen and oxygen atoms in total. The minimum absolute atomic E-state index is 0.0161. The van der Waals surface area contributed by atoms with E-state index in [1.54, 1.807) is 6.07 Å². The lowest BCUT2D eigenvalue weighted by molar-refractivity contribution is -0.138. The third-order valence-corrected chi connectivity index (χ3v) is 5.16. The largest absolute Gasteiger partial charge is 0.504 e. The second-order valence-corrected chi connectivity index (χ2v) is 6.90. The molecule has 0 saturated carbocycles. The summed E-state index contributed by atoms with van der Waals surface area (Å²) in [4.78, 5) is 26.5. The Morgan fingerprint density at radius 3 is 2.63 bits per heavy atom. The van der Waals surface area contributed by atoms with Gasteiger partial charge in [0.15, 0.2) is 11.5 Å². The number of hydrogen-bond acceptors (Lipinski definition) is 5. The van der Waals surface area contributed by atoms with Crippen LogP contribution in [0.5, 0.6) is 11.5 Å². The maximum atomic E-state index is 13.1. The molecule has 2 aromatic carbocycles. The zero-order valence-corrected chi connectivity index (χ0v) is 15.7. The van der Waals surface area contributed by atoms with Gasteiger partial charge in [-0.1, -0.05) is 12.1 Å². The number of phenolic OH excluding ortho intramolecular Hbond substituents is 1. The molecule has 0 unspecified atom stereocenters. The molecule has 2 aromatic rings. The molecule has 1 atom stereocenters. The highest BCUT2D eigenvalue weighted by atomic mass is 19.4. The summed E-state index contributed by atoms with van der Waals surface area (Å²) in [7, 11) is 1.37. The molecule has 2 aliphatic heterocycles. The second-order valence-electron chi connectivity index (χ2n) is 6.90. The number of methoxy groups -OCH3 is 1. The lowest BCUT2D eigenvalue weighted by atomic mass is 9.84. The molecule has 0 aromatic heterocycles. The van der Waals surface area contributed by atoms with Gasteiger partial charge in [0.25, 0.3) is 0 Å². The van der Waals surface area contributed by atoms with Crippen molar-refractivity contribution in [3.63, 3.8) is 0 Å². The molecule has 1 N–H and O–H groups in total. The molecule has 0 radical (unpaired) electrons. The van der Waals surface area contributed by atoms with Crippen LogP contribution < -0.4 is 9.64 Å². The Morgan fingerprint density at radius 2 is 1.93 bits per heavy atom. The Kier molecular flexibility index (Phi) is 4.68. The standard InChI is InChI=1S/C21H16F3NO5/c1-29-17-7-11(5-6-16(17)26)14-9-18(27)25(15-10-30-20(28)19(14)15)13-4-2-3-12(8-13)21(22,23)24/h2-8,14,26H,9-10H2,1H3/t14-/m1/s1. The topological polar surface area (TPSA) is 76.1 Å². The van der Waals surface area contributed by atoms with Crippen molar-refractivity contribution in [1.29, 1.82) is 0 Å². The maximum Gasteiger partial charge on any atom is 0.416 e. The molecule has 4 rings (SSSR count). The fraction of sp³-hybridized carbons (Fsp3) is 0.238. The van der Waals surface area contributed by atoms with Crippen LogP contribution in [0.15, 0.2) is 53.7 Å². The molecule has 0 bridgehead atoms. The number of phenols is 1. The molecular weight excluding hydrogens is 403 g/mol. The summed E-state index contributed by atoms with van der Waals surface area (Å²) in [6.07, 6.45) is -4.72. The van der Waals surface area contributed by atoms with Gasteiger partial charge in [0.05, 0.1) is 23.9 Å². The Morgan fingerprint density at radius 1 is 1.17 bits per heavy atom. The predicted octanol–water partition coefficient (Wildman–Crippen LogP) is 3.75. The minimum atomic E-state index is -4.57. The first kappa shape index (κ1) is 19.8. The minimum Gasteiger partial charge on any atom is -0.504 e. The molecule has 156 valence electrons. The van der Waals surface area contributed by atoms with E-state index in [1.165, 1.54) is 31.4 Å². The van der Waals surface area contributed by atoms with Gasteiger partial charge in [0.2, 0.25) is 5.91 Å². The third-order valence-electron chi connectivity index (χ3n) is 5.16. The van der Waals surface area contributed by atoms with E-state index in [1.807, 2.05) is 0 Å². The summed E-state index contributed by atoms with van der Waals surface area (Å²) in [6, 6.07) is 8.84. The number of nitrogens with zero attached hydrogens (tertiary/aromatic N) is 1. The van der Waals surface area contributed by atoms with Crippen molar-refractivity contribution in [2.45, 2.75) is 18.5 Å². The fourth-order valence-corrected chi connectivity index (χ4v) is 3.77. The first-order valence-corrected chi connectivity index (χ1v) is 8.98. The summed E-state index contributed by atoms with van der Waals surface area (Å²) >= 11 is 0. The molecule has 9 heteroatoms. The van der Waals surface area contributed by atoms with Crippen molar-refractivity contribution < 1.29 is 37.3 Å². The van der Waals surface area contributed by atoms with Crippen molar-refractivity contribution >= 4 is 17.6 Å². The summed E-state index contributed by atoms with van der Waals surface area (Å²) in [5.41, 5.74) is 0.0911. The number of amides is 1. The predicted molar refractivity (Wildman–Crippen MR) is 98.9 cm³/mol. The molecule has 0 spiro atoms. The van der Waals surface area contributed by atoms with Gasteiger partial charge in [-0.3, -0.25) is 9.69 Å². The number of cyclic esters (lactones) is 1. The van der Waals surface area contributed by atoms with Gasteiger partial charge in [-0.25, -0.2) is 4.79 Å². The zero-order chi connectivity index (χ0) is 21.6. The number of carbonyl (C=O) groups is 2. The quantitative estimate of drug-likeness (QED) is 0.767. The third kappa shape index (κ3) is 3.26. The summed E-state index contributed by atoms with van der Waals surface area (Å²) < 4.78 is 49.6. The van der Waals surface area contributed by atoms with Crippen molar-refractivity contribution in [1.82, 2.24) is 0 Å². The van der Waals surface area contributed by atoms with Gasteiger partial charge in [-0.2, -0.15) is 13.2 Å². The van der Waals surface area contributed by atoms with Gasteiger partial charge in [0.1, 0.15) is 6.61 Å². The Labute approximate surface area is 169 Å². The van der Waals surface area contributed by atoms with Crippen LogP contribution in [0.4, 0.5) is 18.9 Å². The fourth-order valence-electron chi connectivity index (χ4n) is 3.77. The van der Waals surface area contributed by atoms with E-state index in [4.69, 9.17) is 9.47 Å². The van der Waals surface area contributed by atoms with Crippen molar-refractivity contribution in [3.8, 4) is 11.5 Å². The number of esters is 1. The summed E-state index contributed by atoms with van der Waals surface area (Å²) in [5, 5.41) is 9.81. The number of ether oxygens (including phenoxy) is 2. The van der Waals surface area contributed by atoms with E-state index in [-0.39, 0.29) is 41.5 Å². The van der Waals surface area contributed by atoms with E-state index in [9.17, 15) is 27.9 Å². The van der Waals surface area contributed by atoms with Gasteiger partial charge in [-0.05, 0) is 35.9 Å². The van der Waals surface area contributed by atoms with Gasteiger partial charge >= 0.3 is 12.1 Å². The number of aromatic hydroxyl groups is 1. The Bertz CT molecular complexity index is 1080. The molecule has 0 aliphatic carbocycles. The van der Waals surface area contributed by atoms with Crippen LogP contribution in [0.3, 0.4) is 0 Å². The van der Waals surface area contributed by atoms with Crippen LogP contribution in [0.1, 0.15) is 23.5 Å². The number of rotatable bonds is 3. The molecule has 30 heavy (non-hydrogen) atoms. The highest BCUT2D eigenvalue weighted by Crippen LogP contribution is 2.44. The highest BCUT2D eigenvalue weighted by Gasteiger charge is 2.43. The Balaban J connectivity index is 1.81. The molecule has 1 amide bonds. The monoisotopic (exact) mass is 419 g/mol.